The summed E-state index contributed by atoms with van der Waals surface area (Å²) in [5.41, 5.74) is 1.46. The van der Waals surface area contributed by atoms with Crippen LogP contribution in [0, 0.1) is 0 Å². The van der Waals surface area contributed by atoms with E-state index in [1.165, 1.54) is 0 Å². The smallest absolute Gasteiger partial charge is 0.256 e. The minimum atomic E-state index is -0.449. The zero-order valence-electron chi connectivity index (χ0n) is 11.2. The zero-order chi connectivity index (χ0) is 15.1. The van der Waals surface area contributed by atoms with Crippen molar-refractivity contribution in [3.05, 3.63) is 32.8 Å². The summed E-state index contributed by atoms with van der Waals surface area (Å²) in [5.74, 6) is -0.240. The van der Waals surface area contributed by atoms with Crippen molar-refractivity contribution >= 4 is 54.6 Å². The summed E-state index contributed by atoms with van der Waals surface area (Å²) in [4.78, 5) is 29.2. The first-order valence-corrected chi connectivity index (χ1v) is 8.12. The van der Waals surface area contributed by atoms with Crippen LogP contribution in [0.1, 0.15) is 17.3 Å². The summed E-state index contributed by atoms with van der Waals surface area (Å²) < 4.78 is 1.80. The topological polar surface area (TPSA) is 65.2 Å². The van der Waals surface area contributed by atoms with Crippen molar-refractivity contribution in [3.8, 4) is 0 Å². The fourth-order valence-corrected chi connectivity index (χ4v) is 3.20. The standard InChI is InChI=1S/C14H13Br2N3O2/c1-7-13(20)17-2-3-19(7)14(21)9-6-18-12-5-11(16)10(15)4-8(9)12/h4-7,18H,2-3H2,1H3,(H,17,20). The average Bonchev–Trinajstić information content (AvgIpc) is 2.84. The number of hydrogen-bond acceptors (Lipinski definition) is 2. The average molecular weight is 415 g/mol. The van der Waals surface area contributed by atoms with E-state index >= 15 is 0 Å². The molecule has 0 spiro atoms. The Morgan fingerprint density at radius 2 is 2.05 bits per heavy atom. The molecule has 1 aliphatic heterocycles. The molecule has 2 aromatic rings. The molecule has 1 aromatic heterocycles. The Balaban J connectivity index is 2.02. The Morgan fingerprint density at radius 1 is 1.33 bits per heavy atom. The first-order valence-electron chi connectivity index (χ1n) is 6.54. The van der Waals surface area contributed by atoms with Crippen molar-refractivity contribution < 1.29 is 9.59 Å². The maximum atomic E-state index is 12.7. The van der Waals surface area contributed by atoms with Gasteiger partial charge in [-0.1, -0.05) is 0 Å². The van der Waals surface area contributed by atoms with Gasteiger partial charge in [-0.2, -0.15) is 0 Å². The first-order chi connectivity index (χ1) is 9.99. The number of aromatic nitrogens is 1. The normalized spacial score (nSPS) is 18.9. The number of benzene rings is 1. The molecule has 1 fully saturated rings. The SMILES string of the molecule is CC1C(=O)NCCN1C(=O)c1c[nH]c2cc(Br)c(Br)cc12. The van der Waals surface area contributed by atoms with Crippen LogP contribution in [0.25, 0.3) is 10.9 Å². The van der Waals surface area contributed by atoms with Crippen molar-refractivity contribution in [2.45, 2.75) is 13.0 Å². The summed E-state index contributed by atoms with van der Waals surface area (Å²) in [6.45, 7) is 2.76. The third kappa shape index (κ3) is 2.48. The molecule has 2 amide bonds. The van der Waals surface area contributed by atoms with E-state index in [4.69, 9.17) is 0 Å². The second kappa shape index (κ2) is 5.46. The van der Waals surface area contributed by atoms with Crippen LogP contribution in [0.4, 0.5) is 0 Å². The molecule has 0 radical (unpaired) electrons. The Labute approximate surface area is 138 Å². The number of carbonyl (C=O) groups excluding carboxylic acids is 2. The van der Waals surface area contributed by atoms with E-state index in [1.54, 1.807) is 18.0 Å². The Kier molecular flexibility index (Phi) is 3.79. The molecule has 5 nitrogen and oxygen atoms in total. The summed E-state index contributed by atoms with van der Waals surface area (Å²) in [6, 6.07) is 3.37. The lowest BCUT2D eigenvalue weighted by atomic mass is 10.1. The number of carbonyl (C=O) groups is 2. The number of H-pyrrole nitrogens is 1. The van der Waals surface area contributed by atoms with Gasteiger partial charge in [-0.3, -0.25) is 9.59 Å². The van der Waals surface area contributed by atoms with Crippen molar-refractivity contribution in [1.29, 1.82) is 0 Å². The molecule has 1 aliphatic rings. The molecule has 7 heteroatoms. The number of piperazine rings is 1. The molecule has 1 atom stereocenters. The number of fused-ring (bicyclic) bond motifs is 1. The zero-order valence-corrected chi connectivity index (χ0v) is 14.4. The fourth-order valence-electron chi connectivity index (χ4n) is 2.51. The minimum Gasteiger partial charge on any atom is -0.360 e. The van der Waals surface area contributed by atoms with Crippen molar-refractivity contribution in [3.63, 3.8) is 0 Å². The molecule has 1 saturated heterocycles. The lowest BCUT2D eigenvalue weighted by molar-refractivity contribution is -0.127. The van der Waals surface area contributed by atoms with Crippen molar-refractivity contribution in [2.75, 3.05) is 13.1 Å². The number of hydrogen-bond donors (Lipinski definition) is 2. The van der Waals surface area contributed by atoms with E-state index in [2.05, 4.69) is 42.2 Å². The highest BCUT2D eigenvalue weighted by Crippen LogP contribution is 2.30. The van der Waals surface area contributed by atoms with Gasteiger partial charge >= 0.3 is 0 Å². The second-order valence-electron chi connectivity index (χ2n) is 4.98. The summed E-state index contributed by atoms with van der Waals surface area (Å²) >= 11 is 6.89. The van der Waals surface area contributed by atoms with Crippen LogP contribution in [0.3, 0.4) is 0 Å². The predicted octanol–water partition coefficient (Wildman–Crippen LogP) is 2.65. The van der Waals surface area contributed by atoms with Gasteiger partial charge in [-0.05, 0) is 50.9 Å². The van der Waals surface area contributed by atoms with Gasteiger partial charge in [0.05, 0.1) is 5.56 Å². The summed E-state index contributed by atoms with van der Waals surface area (Å²) in [5, 5.41) is 3.60. The Bertz CT molecular complexity index is 741. The number of nitrogens with zero attached hydrogens (tertiary/aromatic N) is 1. The maximum absolute atomic E-state index is 12.7. The van der Waals surface area contributed by atoms with Gasteiger partial charge in [0, 0.05) is 39.1 Å². The Hall–Kier alpha value is -1.34. The molecular formula is C14H13Br2N3O2. The van der Waals surface area contributed by atoms with Gasteiger partial charge < -0.3 is 15.2 Å². The highest BCUT2D eigenvalue weighted by molar-refractivity contribution is 9.13. The molecule has 2 N–H and O–H groups in total. The van der Waals surface area contributed by atoms with Gasteiger partial charge in [0.2, 0.25) is 5.91 Å². The van der Waals surface area contributed by atoms with Crippen LogP contribution < -0.4 is 5.32 Å². The van der Waals surface area contributed by atoms with Crippen LogP contribution in [0.2, 0.25) is 0 Å². The number of rotatable bonds is 1. The van der Waals surface area contributed by atoms with Crippen LogP contribution in [-0.2, 0) is 4.79 Å². The largest absolute Gasteiger partial charge is 0.360 e. The minimum absolute atomic E-state index is 0.113. The lowest BCUT2D eigenvalue weighted by Crippen LogP contribution is -2.55. The molecule has 1 unspecified atom stereocenters. The van der Waals surface area contributed by atoms with Crippen molar-refractivity contribution in [1.82, 2.24) is 15.2 Å². The highest BCUT2D eigenvalue weighted by atomic mass is 79.9. The summed E-state index contributed by atoms with van der Waals surface area (Å²) in [6.07, 6.45) is 1.70. The second-order valence-corrected chi connectivity index (χ2v) is 6.69. The molecule has 3 rings (SSSR count). The van der Waals surface area contributed by atoms with E-state index in [9.17, 15) is 9.59 Å². The van der Waals surface area contributed by atoms with Crippen LogP contribution in [0.15, 0.2) is 27.3 Å². The highest BCUT2D eigenvalue weighted by Gasteiger charge is 2.31. The number of nitrogens with one attached hydrogen (secondary N) is 2. The molecule has 0 aliphatic carbocycles. The first kappa shape index (κ1) is 14.6. The van der Waals surface area contributed by atoms with Crippen LogP contribution in [-0.4, -0.2) is 40.8 Å². The quantitative estimate of drug-likeness (QED) is 0.753. The van der Waals surface area contributed by atoms with E-state index in [-0.39, 0.29) is 11.8 Å². The summed E-state index contributed by atoms with van der Waals surface area (Å²) in [7, 11) is 0. The number of amides is 2. The van der Waals surface area contributed by atoms with Gasteiger partial charge in [0.1, 0.15) is 6.04 Å². The Morgan fingerprint density at radius 3 is 2.81 bits per heavy atom. The molecule has 1 aromatic carbocycles. The third-order valence-corrected chi connectivity index (χ3v) is 5.56. The maximum Gasteiger partial charge on any atom is 0.256 e. The lowest BCUT2D eigenvalue weighted by Gasteiger charge is -2.32. The fraction of sp³-hybridized carbons (Fsp3) is 0.286. The monoisotopic (exact) mass is 413 g/mol. The van der Waals surface area contributed by atoms with E-state index in [1.807, 2.05) is 12.1 Å². The van der Waals surface area contributed by atoms with Crippen LogP contribution >= 0.6 is 31.9 Å². The van der Waals surface area contributed by atoms with E-state index < -0.39 is 6.04 Å². The number of halogens is 2. The number of aromatic amines is 1. The van der Waals surface area contributed by atoms with Crippen LogP contribution in [0.5, 0.6) is 0 Å². The molecule has 0 saturated carbocycles. The van der Waals surface area contributed by atoms with Gasteiger partial charge in [-0.15, -0.1) is 0 Å². The van der Waals surface area contributed by atoms with Gasteiger partial charge in [0.15, 0.2) is 0 Å². The van der Waals surface area contributed by atoms with E-state index in [0.29, 0.717) is 18.7 Å². The molecule has 110 valence electrons. The third-order valence-electron chi connectivity index (χ3n) is 3.71. The molecular weight excluding hydrogens is 402 g/mol. The van der Waals surface area contributed by atoms with Crippen molar-refractivity contribution in [2.24, 2.45) is 0 Å². The molecule has 2 heterocycles. The predicted molar refractivity (Wildman–Crippen MR) is 87.2 cm³/mol. The van der Waals surface area contributed by atoms with E-state index in [0.717, 1.165) is 19.8 Å². The molecule has 21 heavy (non-hydrogen) atoms. The van der Waals surface area contributed by atoms with Gasteiger partial charge in [-0.25, -0.2) is 0 Å². The van der Waals surface area contributed by atoms with Gasteiger partial charge in [0.25, 0.3) is 5.91 Å². The molecule has 0 bridgehead atoms.